The van der Waals surface area contributed by atoms with Crippen LogP contribution in [0.3, 0.4) is 0 Å². The predicted molar refractivity (Wildman–Crippen MR) is 389 cm³/mol. The van der Waals surface area contributed by atoms with Crippen LogP contribution in [0.5, 0.6) is 0 Å². The Morgan fingerprint density at radius 2 is 0.568 bits per heavy atom. The van der Waals surface area contributed by atoms with Crippen LogP contribution in [-0.2, 0) is 14.3 Å². The minimum absolute atomic E-state index is 0.0116. The van der Waals surface area contributed by atoms with Crippen molar-refractivity contribution in [3.05, 3.63) is 48.6 Å². The smallest absolute Gasteiger partial charge is 0.305 e. The van der Waals surface area contributed by atoms with Crippen LogP contribution in [0.1, 0.15) is 438 Å². The molecule has 6 heteroatoms. The summed E-state index contributed by atoms with van der Waals surface area (Å²) in [4.78, 5) is 24.7. The van der Waals surface area contributed by atoms with E-state index in [0.717, 1.165) is 51.4 Å². The van der Waals surface area contributed by atoms with Crippen molar-refractivity contribution in [2.24, 2.45) is 0 Å². The quantitative estimate of drug-likeness (QED) is 0.0320. The lowest BCUT2D eigenvalue weighted by Crippen LogP contribution is -2.45. The van der Waals surface area contributed by atoms with Crippen LogP contribution in [0.25, 0.3) is 0 Å². The molecule has 88 heavy (non-hydrogen) atoms. The number of nitrogens with one attached hydrogen (secondary N) is 1. The summed E-state index contributed by atoms with van der Waals surface area (Å²) >= 11 is 0. The van der Waals surface area contributed by atoms with E-state index in [4.69, 9.17) is 4.74 Å². The van der Waals surface area contributed by atoms with E-state index < -0.39 is 12.1 Å². The molecule has 518 valence electrons. The Balaban J connectivity index is 3.40. The van der Waals surface area contributed by atoms with Crippen molar-refractivity contribution in [3.63, 3.8) is 0 Å². The zero-order valence-electron chi connectivity index (χ0n) is 59.5. The Kier molecular flexibility index (Phi) is 75.4. The highest BCUT2D eigenvalue weighted by Gasteiger charge is 2.18. The van der Waals surface area contributed by atoms with Gasteiger partial charge in [0.15, 0.2) is 0 Å². The van der Waals surface area contributed by atoms with Crippen LogP contribution in [0.4, 0.5) is 0 Å². The van der Waals surface area contributed by atoms with E-state index in [9.17, 15) is 19.8 Å². The van der Waals surface area contributed by atoms with Gasteiger partial charge in [0.1, 0.15) is 0 Å². The van der Waals surface area contributed by atoms with E-state index in [1.165, 1.54) is 360 Å². The lowest BCUT2D eigenvalue weighted by molar-refractivity contribution is -0.143. The normalized spacial score (nSPS) is 12.7. The fourth-order valence-electron chi connectivity index (χ4n) is 12.5. The highest BCUT2D eigenvalue weighted by Crippen LogP contribution is 2.19. The van der Waals surface area contributed by atoms with Gasteiger partial charge >= 0.3 is 5.97 Å². The summed E-state index contributed by atoms with van der Waals surface area (Å²) in [7, 11) is 0. The number of ether oxygens (including phenoxy) is 1. The molecule has 2 unspecified atom stereocenters. The topological polar surface area (TPSA) is 95.9 Å². The number of hydrogen-bond donors (Lipinski definition) is 3. The van der Waals surface area contributed by atoms with Gasteiger partial charge in [0.05, 0.1) is 25.4 Å². The first-order chi connectivity index (χ1) is 43.5. The Morgan fingerprint density at radius 1 is 0.318 bits per heavy atom. The average Bonchev–Trinajstić information content (AvgIpc) is 3.58. The fraction of sp³-hybridized carbons (Fsp3) is 0.878. The molecular formula is C82H155NO5. The van der Waals surface area contributed by atoms with Crippen LogP contribution >= 0.6 is 0 Å². The van der Waals surface area contributed by atoms with E-state index >= 15 is 0 Å². The molecule has 0 spiro atoms. The van der Waals surface area contributed by atoms with Gasteiger partial charge in [-0.25, -0.2) is 0 Å². The standard InChI is InChI=1S/C82H155NO5/c1-3-5-7-9-11-13-15-17-19-21-23-24-25-29-32-35-39-42-46-50-54-58-62-66-70-74-80(85)79(78-84)83-81(86)75-71-67-63-59-55-51-47-43-40-36-33-30-27-26-28-31-34-37-41-45-49-53-57-61-65-69-73-77-88-82(87)76-72-68-64-60-56-52-48-44-38-22-20-18-16-14-12-10-8-6-4-2/h12,14,18,20,26-27,70,74,79-80,84-85H,3-11,13,15-17,19,21-25,28-69,71-73,75-78H2,1-2H3,(H,83,86)/b14-12-,20-18-,27-26-,74-70+. The van der Waals surface area contributed by atoms with Crippen LogP contribution < -0.4 is 5.32 Å². The molecule has 0 radical (unpaired) electrons. The molecule has 2 atom stereocenters. The van der Waals surface area contributed by atoms with Crippen molar-refractivity contribution in [2.45, 2.75) is 450 Å². The van der Waals surface area contributed by atoms with Crippen molar-refractivity contribution in [1.82, 2.24) is 5.32 Å². The van der Waals surface area contributed by atoms with Gasteiger partial charge in [-0.2, -0.15) is 0 Å². The van der Waals surface area contributed by atoms with Gasteiger partial charge in [-0.1, -0.05) is 383 Å². The molecule has 1 amide bonds. The fourth-order valence-corrected chi connectivity index (χ4v) is 12.5. The third-order valence-corrected chi connectivity index (χ3v) is 18.6. The van der Waals surface area contributed by atoms with Gasteiger partial charge in [0, 0.05) is 12.8 Å². The summed E-state index contributed by atoms with van der Waals surface area (Å²) in [5.41, 5.74) is 0. The first-order valence-electron chi connectivity index (χ1n) is 39.9. The van der Waals surface area contributed by atoms with E-state index in [1.807, 2.05) is 6.08 Å². The number of aliphatic hydroxyl groups is 2. The molecule has 3 N–H and O–H groups in total. The number of carbonyl (C=O) groups is 2. The van der Waals surface area contributed by atoms with Gasteiger partial charge in [0.25, 0.3) is 0 Å². The summed E-state index contributed by atoms with van der Waals surface area (Å²) in [5.74, 6) is -0.0527. The second-order valence-corrected chi connectivity index (χ2v) is 27.4. The molecule has 0 heterocycles. The number of rotatable bonds is 75. The van der Waals surface area contributed by atoms with Crippen LogP contribution in [0, 0.1) is 0 Å². The summed E-state index contributed by atoms with van der Waals surface area (Å²) < 4.78 is 5.51. The number of allylic oxidation sites excluding steroid dienone is 7. The molecule has 6 nitrogen and oxygen atoms in total. The summed E-state index contributed by atoms with van der Waals surface area (Å²) in [6.45, 7) is 4.92. The molecular weight excluding hydrogens is 1080 g/mol. The molecule has 0 saturated heterocycles. The maximum atomic E-state index is 12.6. The SMILES string of the molecule is CCCCC/C=C\C/C=C\CCCCCCCCCCCC(=O)OCCCCCCCCCCCCCC/C=C\CCCCCCCCCCCCCC(=O)NC(CO)C(O)/C=C/CCCCCCCCCCCCCCCCCCCCCCCCC. The van der Waals surface area contributed by atoms with Gasteiger partial charge < -0.3 is 20.3 Å². The largest absolute Gasteiger partial charge is 0.466 e. The van der Waals surface area contributed by atoms with Crippen LogP contribution in [0.2, 0.25) is 0 Å². The first kappa shape index (κ1) is 85.8. The molecule has 0 bridgehead atoms. The van der Waals surface area contributed by atoms with Crippen LogP contribution in [0.15, 0.2) is 48.6 Å². The molecule has 0 rings (SSSR count). The molecule has 0 aliphatic carbocycles. The highest BCUT2D eigenvalue weighted by molar-refractivity contribution is 5.76. The molecule has 0 aliphatic heterocycles. The summed E-state index contributed by atoms with van der Waals surface area (Å²) in [6.07, 6.45) is 102. The van der Waals surface area contributed by atoms with Crippen molar-refractivity contribution in [1.29, 1.82) is 0 Å². The van der Waals surface area contributed by atoms with Crippen LogP contribution in [-0.4, -0.2) is 47.4 Å². The minimum Gasteiger partial charge on any atom is -0.466 e. The lowest BCUT2D eigenvalue weighted by atomic mass is 10.0. The Morgan fingerprint density at radius 3 is 0.898 bits per heavy atom. The Hall–Kier alpha value is -2.18. The molecule has 0 saturated carbocycles. The summed E-state index contributed by atoms with van der Waals surface area (Å²) in [6, 6.07) is -0.631. The number of esters is 1. The maximum absolute atomic E-state index is 12.6. The zero-order chi connectivity index (χ0) is 63.5. The third kappa shape index (κ3) is 72.9. The monoisotopic (exact) mass is 1230 g/mol. The number of amides is 1. The van der Waals surface area contributed by atoms with Crippen molar-refractivity contribution < 1.29 is 24.5 Å². The van der Waals surface area contributed by atoms with Crippen molar-refractivity contribution >= 4 is 11.9 Å². The second kappa shape index (κ2) is 77.3. The molecule has 0 aliphatic rings. The molecule has 0 aromatic rings. The van der Waals surface area contributed by atoms with Gasteiger partial charge in [0.2, 0.25) is 5.91 Å². The first-order valence-corrected chi connectivity index (χ1v) is 39.9. The number of unbranched alkanes of at least 4 members (excludes halogenated alkanes) is 58. The molecule has 0 fully saturated rings. The maximum Gasteiger partial charge on any atom is 0.305 e. The predicted octanol–water partition coefficient (Wildman–Crippen LogP) is 26.4. The van der Waals surface area contributed by atoms with E-state index in [1.54, 1.807) is 6.08 Å². The molecule has 0 aromatic carbocycles. The lowest BCUT2D eigenvalue weighted by Gasteiger charge is -2.20. The van der Waals surface area contributed by atoms with Crippen molar-refractivity contribution in [3.8, 4) is 0 Å². The third-order valence-electron chi connectivity index (χ3n) is 18.6. The highest BCUT2D eigenvalue weighted by atomic mass is 16.5. The van der Waals surface area contributed by atoms with Gasteiger partial charge in [-0.05, 0) is 89.9 Å². The van der Waals surface area contributed by atoms with E-state index in [2.05, 4.69) is 55.6 Å². The Labute approximate surface area is 550 Å². The zero-order valence-corrected chi connectivity index (χ0v) is 59.5. The summed E-state index contributed by atoms with van der Waals surface area (Å²) in [5, 5.41) is 23.3. The number of aliphatic hydroxyl groups excluding tert-OH is 2. The van der Waals surface area contributed by atoms with Crippen molar-refractivity contribution in [2.75, 3.05) is 13.2 Å². The number of carbonyl (C=O) groups excluding carboxylic acids is 2. The second-order valence-electron chi connectivity index (χ2n) is 27.4. The van der Waals surface area contributed by atoms with Gasteiger partial charge in [-0.15, -0.1) is 0 Å². The van der Waals surface area contributed by atoms with E-state index in [-0.39, 0.29) is 18.5 Å². The van der Waals surface area contributed by atoms with E-state index in [0.29, 0.717) is 19.4 Å². The minimum atomic E-state index is -0.848. The molecule has 0 aromatic heterocycles. The Bertz CT molecular complexity index is 1470. The average molecular weight is 1240 g/mol. The van der Waals surface area contributed by atoms with Gasteiger partial charge in [-0.3, -0.25) is 9.59 Å². The number of hydrogen-bond acceptors (Lipinski definition) is 5.